The molecule has 1 aromatic carbocycles. The Morgan fingerprint density at radius 2 is 1.81 bits per heavy atom. The van der Waals surface area contributed by atoms with Gasteiger partial charge in [-0.05, 0) is 69.3 Å². The molecule has 1 atom stereocenters. The van der Waals surface area contributed by atoms with E-state index >= 15 is 0 Å². The van der Waals surface area contributed by atoms with E-state index in [9.17, 15) is 9.59 Å². The minimum absolute atomic E-state index is 0.0193. The molecule has 2 N–H and O–H groups in total. The van der Waals surface area contributed by atoms with Gasteiger partial charge in [-0.25, -0.2) is 0 Å². The molecule has 1 heterocycles. The third-order valence-electron chi connectivity index (χ3n) is 5.67. The maximum absolute atomic E-state index is 13.2. The third kappa shape index (κ3) is 4.09. The largest absolute Gasteiger partial charge is 0.353 e. The SMILES string of the molecule is CCN(C(C)=O)C1(C(=O)NCC(C)c2c(C)cccc2C)CCNCC1. The van der Waals surface area contributed by atoms with Crippen LogP contribution in [0.3, 0.4) is 0 Å². The van der Waals surface area contributed by atoms with Crippen LogP contribution in [0, 0.1) is 13.8 Å². The zero-order valence-corrected chi connectivity index (χ0v) is 16.8. The molecule has 0 spiro atoms. The van der Waals surface area contributed by atoms with Gasteiger partial charge in [0.05, 0.1) is 0 Å². The molecule has 26 heavy (non-hydrogen) atoms. The van der Waals surface area contributed by atoms with Crippen molar-refractivity contribution in [3.05, 3.63) is 34.9 Å². The number of hydrogen-bond acceptors (Lipinski definition) is 3. The normalized spacial score (nSPS) is 17.4. The van der Waals surface area contributed by atoms with Gasteiger partial charge < -0.3 is 15.5 Å². The molecule has 2 rings (SSSR count). The second-order valence-corrected chi connectivity index (χ2v) is 7.46. The van der Waals surface area contributed by atoms with Crippen molar-refractivity contribution in [3.8, 4) is 0 Å². The molecular weight excluding hydrogens is 326 g/mol. The molecule has 144 valence electrons. The van der Waals surface area contributed by atoms with Crippen molar-refractivity contribution in [2.45, 2.75) is 58.9 Å². The molecule has 5 nitrogen and oxygen atoms in total. The summed E-state index contributed by atoms with van der Waals surface area (Å²) in [5.41, 5.74) is 3.07. The Morgan fingerprint density at radius 3 is 2.31 bits per heavy atom. The summed E-state index contributed by atoms with van der Waals surface area (Å²) in [6, 6.07) is 6.29. The summed E-state index contributed by atoms with van der Waals surface area (Å²) in [5.74, 6) is 0.174. The summed E-state index contributed by atoms with van der Waals surface area (Å²) >= 11 is 0. The fourth-order valence-corrected chi connectivity index (χ4v) is 4.40. The van der Waals surface area contributed by atoms with Crippen LogP contribution in [0.1, 0.15) is 56.2 Å². The van der Waals surface area contributed by atoms with Crippen LogP contribution in [-0.4, -0.2) is 48.4 Å². The van der Waals surface area contributed by atoms with E-state index in [2.05, 4.69) is 49.6 Å². The van der Waals surface area contributed by atoms with Gasteiger partial charge in [0.2, 0.25) is 11.8 Å². The molecule has 1 saturated heterocycles. The van der Waals surface area contributed by atoms with Gasteiger partial charge in [-0.3, -0.25) is 9.59 Å². The van der Waals surface area contributed by atoms with E-state index in [0.29, 0.717) is 25.9 Å². The number of amides is 2. The van der Waals surface area contributed by atoms with E-state index in [-0.39, 0.29) is 17.7 Å². The maximum Gasteiger partial charge on any atom is 0.246 e. The molecule has 1 unspecified atom stereocenters. The Labute approximate surface area is 157 Å². The molecule has 1 aliphatic heterocycles. The second-order valence-electron chi connectivity index (χ2n) is 7.46. The first-order chi connectivity index (χ1) is 12.3. The van der Waals surface area contributed by atoms with Gasteiger partial charge in [-0.2, -0.15) is 0 Å². The topological polar surface area (TPSA) is 61.4 Å². The van der Waals surface area contributed by atoms with Gasteiger partial charge in [0.25, 0.3) is 0 Å². The monoisotopic (exact) mass is 359 g/mol. The van der Waals surface area contributed by atoms with Crippen molar-refractivity contribution in [1.29, 1.82) is 0 Å². The minimum Gasteiger partial charge on any atom is -0.353 e. The lowest BCUT2D eigenvalue weighted by atomic mass is 9.84. The number of piperidine rings is 1. The molecule has 0 aliphatic carbocycles. The van der Waals surface area contributed by atoms with Gasteiger partial charge in [-0.1, -0.05) is 25.1 Å². The Kier molecular flexibility index (Phi) is 6.81. The van der Waals surface area contributed by atoms with Crippen molar-refractivity contribution in [1.82, 2.24) is 15.5 Å². The molecule has 1 aliphatic rings. The Hall–Kier alpha value is -1.88. The molecule has 1 aromatic rings. The Balaban J connectivity index is 2.16. The predicted octanol–water partition coefficient (Wildman–Crippen LogP) is 2.51. The predicted molar refractivity (Wildman–Crippen MR) is 105 cm³/mol. The van der Waals surface area contributed by atoms with Crippen LogP contribution in [0.5, 0.6) is 0 Å². The third-order valence-corrected chi connectivity index (χ3v) is 5.67. The quantitative estimate of drug-likeness (QED) is 0.820. The first-order valence-corrected chi connectivity index (χ1v) is 9.66. The number of aryl methyl sites for hydroxylation is 2. The van der Waals surface area contributed by atoms with Crippen LogP contribution in [0.2, 0.25) is 0 Å². The highest BCUT2D eigenvalue weighted by atomic mass is 16.2. The summed E-state index contributed by atoms with van der Waals surface area (Å²) < 4.78 is 0. The van der Waals surface area contributed by atoms with Crippen LogP contribution < -0.4 is 10.6 Å². The van der Waals surface area contributed by atoms with Gasteiger partial charge in [0.1, 0.15) is 5.54 Å². The lowest BCUT2D eigenvalue weighted by Crippen LogP contribution is -2.64. The second kappa shape index (κ2) is 8.67. The molecule has 0 saturated carbocycles. The average molecular weight is 360 g/mol. The molecule has 0 radical (unpaired) electrons. The summed E-state index contributed by atoms with van der Waals surface area (Å²) in [5, 5.41) is 6.45. The van der Waals surface area contributed by atoms with Crippen molar-refractivity contribution in [2.24, 2.45) is 0 Å². The molecule has 2 amide bonds. The zero-order valence-electron chi connectivity index (χ0n) is 16.8. The Morgan fingerprint density at radius 1 is 1.23 bits per heavy atom. The zero-order chi connectivity index (χ0) is 19.3. The van der Waals surface area contributed by atoms with E-state index in [0.717, 1.165) is 13.1 Å². The smallest absolute Gasteiger partial charge is 0.246 e. The summed E-state index contributed by atoms with van der Waals surface area (Å²) in [6.07, 6.45) is 1.31. The number of likely N-dealkylation sites (N-methyl/N-ethyl adjacent to an activating group) is 1. The van der Waals surface area contributed by atoms with Crippen LogP contribution in [0.25, 0.3) is 0 Å². The standard InChI is InChI=1S/C21H33N3O2/c1-6-24(18(5)25)21(10-12-22-13-11-21)20(26)23-14-17(4)19-15(2)8-7-9-16(19)3/h7-9,17,22H,6,10-14H2,1-5H3,(H,23,26). The highest BCUT2D eigenvalue weighted by molar-refractivity contribution is 5.91. The van der Waals surface area contributed by atoms with Crippen molar-refractivity contribution >= 4 is 11.8 Å². The molecule has 5 heteroatoms. The van der Waals surface area contributed by atoms with E-state index in [1.54, 1.807) is 11.8 Å². The number of carbonyl (C=O) groups is 2. The number of hydrogen-bond donors (Lipinski definition) is 2. The number of nitrogens with zero attached hydrogens (tertiary/aromatic N) is 1. The fraction of sp³-hybridized carbons (Fsp3) is 0.619. The lowest BCUT2D eigenvalue weighted by molar-refractivity contribution is -0.148. The summed E-state index contributed by atoms with van der Waals surface area (Å²) in [7, 11) is 0. The molecule has 0 aromatic heterocycles. The molecular formula is C21H33N3O2. The van der Waals surface area contributed by atoms with Crippen LogP contribution in [0.4, 0.5) is 0 Å². The summed E-state index contributed by atoms with van der Waals surface area (Å²) in [4.78, 5) is 27.1. The average Bonchev–Trinajstić information content (AvgIpc) is 2.60. The highest BCUT2D eigenvalue weighted by Gasteiger charge is 2.45. The van der Waals surface area contributed by atoms with Crippen molar-refractivity contribution in [3.63, 3.8) is 0 Å². The van der Waals surface area contributed by atoms with Gasteiger partial charge in [0.15, 0.2) is 0 Å². The Bertz CT molecular complexity index is 630. The van der Waals surface area contributed by atoms with Crippen molar-refractivity contribution in [2.75, 3.05) is 26.2 Å². The first kappa shape index (κ1) is 20.4. The fourth-order valence-electron chi connectivity index (χ4n) is 4.40. The van der Waals surface area contributed by atoms with Crippen LogP contribution in [0.15, 0.2) is 18.2 Å². The van der Waals surface area contributed by atoms with E-state index in [4.69, 9.17) is 0 Å². The number of nitrogens with one attached hydrogen (secondary N) is 2. The number of carbonyl (C=O) groups excluding carboxylic acids is 2. The van der Waals surface area contributed by atoms with E-state index < -0.39 is 5.54 Å². The highest BCUT2D eigenvalue weighted by Crippen LogP contribution is 2.28. The number of rotatable bonds is 6. The minimum atomic E-state index is -0.730. The molecule has 1 fully saturated rings. The number of benzene rings is 1. The van der Waals surface area contributed by atoms with Gasteiger partial charge in [-0.15, -0.1) is 0 Å². The van der Waals surface area contributed by atoms with E-state index in [1.165, 1.54) is 16.7 Å². The lowest BCUT2D eigenvalue weighted by Gasteiger charge is -2.44. The van der Waals surface area contributed by atoms with Crippen LogP contribution in [-0.2, 0) is 9.59 Å². The van der Waals surface area contributed by atoms with Crippen LogP contribution >= 0.6 is 0 Å². The van der Waals surface area contributed by atoms with Gasteiger partial charge >= 0.3 is 0 Å². The maximum atomic E-state index is 13.2. The van der Waals surface area contributed by atoms with E-state index in [1.807, 2.05) is 6.92 Å². The van der Waals surface area contributed by atoms with Gasteiger partial charge in [0, 0.05) is 20.0 Å². The molecule has 0 bridgehead atoms. The first-order valence-electron chi connectivity index (χ1n) is 9.66. The van der Waals surface area contributed by atoms with Crippen molar-refractivity contribution < 1.29 is 9.59 Å². The summed E-state index contributed by atoms with van der Waals surface area (Å²) in [6.45, 7) is 12.5.